The summed E-state index contributed by atoms with van der Waals surface area (Å²) in [5, 5.41) is 13.6. The molecule has 8 nitrogen and oxygen atoms in total. The number of aliphatic hydroxyl groups excluding tert-OH is 1. The molecule has 1 amide bonds. The fraction of sp³-hybridized carbons (Fsp3) is 0.459. The van der Waals surface area contributed by atoms with Gasteiger partial charge in [-0.15, -0.1) is 0 Å². The molecule has 1 aromatic heterocycles. The summed E-state index contributed by atoms with van der Waals surface area (Å²) in [5.74, 6) is -1.28. The lowest BCUT2D eigenvalue weighted by atomic mass is 9.83. The van der Waals surface area contributed by atoms with E-state index in [4.69, 9.17) is 9.47 Å². The van der Waals surface area contributed by atoms with Crippen molar-refractivity contribution in [1.29, 1.82) is 0 Å². The summed E-state index contributed by atoms with van der Waals surface area (Å²) in [4.78, 5) is 40.5. The van der Waals surface area contributed by atoms with Crippen LogP contribution in [-0.2, 0) is 25.6 Å². The van der Waals surface area contributed by atoms with Crippen LogP contribution in [0.2, 0.25) is 0 Å². The fourth-order valence-corrected chi connectivity index (χ4v) is 4.95. The molecule has 1 aromatic rings. The van der Waals surface area contributed by atoms with Crippen molar-refractivity contribution in [1.82, 2.24) is 10.3 Å². The van der Waals surface area contributed by atoms with E-state index in [1.54, 1.807) is 13.1 Å². The number of carbonyl (C=O) groups is 3. The molecule has 1 aliphatic heterocycles. The Balaban J connectivity index is 1.73. The molecule has 0 saturated heterocycles. The molecule has 2 heterocycles. The molecule has 0 aromatic carbocycles. The summed E-state index contributed by atoms with van der Waals surface area (Å²) in [5.41, 5.74) is 3.83. The number of ether oxygens (including phenoxy) is 2. The Morgan fingerprint density at radius 1 is 1.11 bits per heavy atom. The lowest BCUT2D eigenvalue weighted by Gasteiger charge is -2.26. The van der Waals surface area contributed by atoms with E-state index in [1.165, 1.54) is 6.08 Å². The number of esters is 1. The minimum absolute atomic E-state index is 0.00104. The van der Waals surface area contributed by atoms with E-state index in [0.717, 1.165) is 35.3 Å². The lowest BCUT2D eigenvalue weighted by Crippen LogP contribution is -2.34. The number of hydrogen-bond donors (Lipinski definition) is 2. The highest BCUT2D eigenvalue weighted by atomic mass is 16.5. The number of rotatable bonds is 17. The second-order valence-electron chi connectivity index (χ2n) is 11.8. The van der Waals surface area contributed by atoms with Crippen molar-refractivity contribution in [3.05, 3.63) is 101 Å². The van der Waals surface area contributed by atoms with Gasteiger partial charge in [-0.2, -0.15) is 0 Å². The maximum absolute atomic E-state index is 13.1. The molecule has 2 N–H and O–H groups in total. The molecule has 0 radical (unpaired) electrons. The zero-order chi connectivity index (χ0) is 33.2. The number of ketones is 1. The van der Waals surface area contributed by atoms with Gasteiger partial charge in [0.15, 0.2) is 0 Å². The van der Waals surface area contributed by atoms with Crippen LogP contribution in [0.5, 0.6) is 0 Å². The maximum atomic E-state index is 13.1. The number of nitrogens with zero attached hydrogens (tertiary/aromatic N) is 1. The predicted molar refractivity (Wildman–Crippen MR) is 178 cm³/mol. The second kappa shape index (κ2) is 20.1. The van der Waals surface area contributed by atoms with Crippen molar-refractivity contribution in [3.63, 3.8) is 0 Å². The molecule has 244 valence electrons. The molecular weight excluding hydrogens is 568 g/mol. The van der Waals surface area contributed by atoms with Crippen LogP contribution >= 0.6 is 0 Å². The first-order valence-corrected chi connectivity index (χ1v) is 15.7. The van der Waals surface area contributed by atoms with Gasteiger partial charge in [0.1, 0.15) is 18.5 Å². The highest BCUT2D eigenvalue weighted by Gasteiger charge is 2.29. The largest absolute Gasteiger partial charge is 0.455 e. The SMILES string of the molecule is CC(=C/CC/C=C/C(C)=C/C(C)C(=O)C(C)C(O)C(C)C/C(C)=C/COC(=O)NCc1ccccn1)/C=C/C1CC=CC(=O)O1. The second-order valence-corrected chi connectivity index (χ2v) is 11.8. The number of hydrogen-bond acceptors (Lipinski definition) is 7. The standard InChI is InChI=1S/C37H50N2O6/c1-26(18-19-33-16-12-17-34(40)45-33)13-8-7-9-14-27(2)23-29(4)35(41)31(6)36(42)30(5)24-28(3)20-22-44-37(43)39-25-32-15-10-11-21-38-32/h9-15,17-21,23,29-31,33,36,42H,7-8,16,22,24-25H2,1-6H3,(H,39,43)/b14-9+,19-18+,26-13-,27-23+,28-20+. The Labute approximate surface area is 268 Å². The van der Waals surface area contributed by atoms with E-state index in [-0.39, 0.29) is 42.8 Å². The normalized spacial score (nSPS) is 18.9. The van der Waals surface area contributed by atoms with Crippen molar-refractivity contribution in [3.8, 4) is 0 Å². The van der Waals surface area contributed by atoms with E-state index in [0.29, 0.717) is 12.8 Å². The lowest BCUT2D eigenvalue weighted by molar-refractivity contribution is -0.141. The summed E-state index contributed by atoms with van der Waals surface area (Å²) < 4.78 is 10.4. The number of amides is 1. The number of Topliss-reactive ketones (excluding diaryl/α,β-unsaturated/α-hetero) is 1. The molecule has 0 bridgehead atoms. The minimum atomic E-state index is -0.791. The van der Waals surface area contributed by atoms with Crippen LogP contribution in [0.25, 0.3) is 0 Å². The third-order valence-corrected chi connectivity index (χ3v) is 7.58. The van der Waals surface area contributed by atoms with Gasteiger partial charge in [-0.3, -0.25) is 9.78 Å². The smallest absolute Gasteiger partial charge is 0.407 e. The number of pyridine rings is 1. The van der Waals surface area contributed by atoms with Crippen LogP contribution in [0.1, 0.15) is 72.9 Å². The number of nitrogens with one attached hydrogen (secondary N) is 1. The average Bonchev–Trinajstić information content (AvgIpc) is 3.02. The zero-order valence-electron chi connectivity index (χ0n) is 27.6. The Kier molecular flexibility index (Phi) is 16.6. The summed E-state index contributed by atoms with van der Waals surface area (Å²) in [6.45, 7) is 11.9. The van der Waals surface area contributed by atoms with E-state index in [9.17, 15) is 19.5 Å². The Morgan fingerprint density at radius 2 is 1.89 bits per heavy atom. The van der Waals surface area contributed by atoms with Crippen LogP contribution in [-0.4, -0.2) is 46.8 Å². The van der Waals surface area contributed by atoms with Crippen molar-refractivity contribution in [2.24, 2.45) is 17.8 Å². The molecule has 0 saturated carbocycles. The van der Waals surface area contributed by atoms with Gasteiger partial charge in [0.25, 0.3) is 0 Å². The van der Waals surface area contributed by atoms with Gasteiger partial charge < -0.3 is 19.9 Å². The highest BCUT2D eigenvalue weighted by molar-refractivity contribution is 5.85. The number of aliphatic hydroxyl groups is 1. The number of alkyl carbamates (subject to hydrolysis) is 1. The number of unbranched alkanes of at least 4 members (excludes halogenated alkanes) is 1. The number of carbonyl (C=O) groups excluding carboxylic acids is 3. The summed E-state index contributed by atoms with van der Waals surface area (Å²) in [7, 11) is 0. The first-order valence-electron chi connectivity index (χ1n) is 15.7. The minimum Gasteiger partial charge on any atom is -0.455 e. The highest BCUT2D eigenvalue weighted by Crippen LogP contribution is 2.24. The molecule has 5 unspecified atom stereocenters. The van der Waals surface area contributed by atoms with Crippen molar-refractivity contribution in [2.45, 2.75) is 86.0 Å². The van der Waals surface area contributed by atoms with Gasteiger partial charge >= 0.3 is 12.1 Å². The fourth-order valence-electron chi connectivity index (χ4n) is 4.95. The molecule has 1 aliphatic rings. The summed E-state index contributed by atoms with van der Waals surface area (Å²) >= 11 is 0. The van der Waals surface area contributed by atoms with Gasteiger partial charge in [-0.25, -0.2) is 9.59 Å². The first-order chi connectivity index (χ1) is 21.5. The third-order valence-electron chi connectivity index (χ3n) is 7.58. The van der Waals surface area contributed by atoms with E-state index in [1.807, 2.05) is 89.3 Å². The van der Waals surface area contributed by atoms with E-state index >= 15 is 0 Å². The molecular formula is C37H50N2O6. The maximum Gasteiger partial charge on any atom is 0.407 e. The summed E-state index contributed by atoms with van der Waals surface area (Å²) in [6, 6.07) is 5.48. The molecule has 0 spiro atoms. The van der Waals surface area contributed by atoms with Crippen LogP contribution in [0.4, 0.5) is 4.79 Å². The quantitative estimate of drug-likeness (QED) is 0.0825. The van der Waals surface area contributed by atoms with Crippen molar-refractivity contribution in [2.75, 3.05) is 6.61 Å². The zero-order valence-corrected chi connectivity index (χ0v) is 27.6. The van der Waals surface area contributed by atoms with E-state index < -0.39 is 18.1 Å². The average molecular weight is 619 g/mol. The van der Waals surface area contributed by atoms with Gasteiger partial charge in [0.05, 0.1) is 18.3 Å². The topological polar surface area (TPSA) is 115 Å². The monoisotopic (exact) mass is 618 g/mol. The molecule has 2 rings (SSSR count). The number of allylic oxidation sites excluding steroid dienone is 8. The Bertz CT molecular complexity index is 1290. The molecule has 0 aliphatic carbocycles. The molecule has 8 heteroatoms. The van der Waals surface area contributed by atoms with Crippen molar-refractivity contribution >= 4 is 17.8 Å². The van der Waals surface area contributed by atoms with Crippen LogP contribution in [0.3, 0.4) is 0 Å². The number of aromatic nitrogens is 1. The molecule has 5 atom stereocenters. The Morgan fingerprint density at radius 3 is 2.60 bits per heavy atom. The van der Waals surface area contributed by atoms with Crippen molar-refractivity contribution < 1.29 is 29.0 Å². The third kappa shape index (κ3) is 15.0. The van der Waals surface area contributed by atoms with Crippen LogP contribution in [0.15, 0.2) is 95.8 Å². The van der Waals surface area contributed by atoms with E-state index in [2.05, 4.69) is 22.5 Å². The molecule has 0 fully saturated rings. The Hall–Kier alpha value is -4.04. The van der Waals surface area contributed by atoms with Gasteiger partial charge in [-0.1, -0.05) is 80.0 Å². The van der Waals surface area contributed by atoms with Crippen LogP contribution in [0, 0.1) is 17.8 Å². The predicted octanol–water partition coefficient (Wildman–Crippen LogP) is 7.14. The van der Waals surface area contributed by atoms with Gasteiger partial charge in [0.2, 0.25) is 0 Å². The van der Waals surface area contributed by atoms with Crippen LogP contribution < -0.4 is 5.32 Å². The first kappa shape index (κ1) is 37.1. The molecule has 45 heavy (non-hydrogen) atoms. The van der Waals surface area contributed by atoms with Gasteiger partial charge in [-0.05, 0) is 70.2 Å². The van der Waals surface area contributed by atoms with Gasteiger partial charge in [0, 0.05) is 30.5 Å². The number of cyclic esters (lactones) is 1. The summed E-state index contributed by atoms with van der Waals surface area (Å²) in [6.07, 6.45) is 20.4.